The van der Waals surface area contributed by atoms with Crippen LogP contribution in [0.5, 0.6) is 0 Å². The van der Waals surface area contributed by atoms with Crippen molar-refractivity contribution in [2.45, 2.75) is 19.8 Å². The van der Waals surface area contributed by atoms with Crippen LogP contribution in [0.2, 0.25) is 0 Å². The zero-order valence-electron chi connectivity index (χ0n) is 13.3. The van der Waals surface area contributed by atoms with Crippen LogP contribution in [0, 0.1) is 0 Å². The second-order valence-corrected chi connectivity index (χ2v) is 5.17. The number of amides is 1. The van der Waals surface area contributed by atoms with Gasteiger partial charge in [-0.2, -0.15) is 0 Å². The number of aromatic nitrogens is 2. The van der Waals surface area contributed by atoms with Crippen molar-refractivity contribution in [2.75, 3.05) is 25.0 Å². The van der Waals surface area contributed by atoms with Crippen LogP contribution >= 0.6 is 0 Å². The number of hydrogen-bond donors (Lipinski definition) is 2. The van der Waals surface area contributed by atoms with Crippen molar-refractivity contribution in [2.24, 2.45) is 0 Å². The highest BCUT2D eigenvalue weighted by molar-refractivity contribution is 5.95. The first-order chi connectivity index (χ1) is 11.2. The fourth-order valence-electron chi connectivity index (χ4n) is 2.21. The third kappa shape index (κ3) is 5.03. The van der Waals surface area contributed by atoms with E-state index < -0.39 is 0 Å². The van der Waals surface area contributed by atoms with Crippen molar-refractivity contribution in [1.29, 1.82) is 0 Å². The zero-order valence-corrected chi connectivity index (χ0v) is 13.3. The Morgan fingerprint density at radius 3 is 2.87 bits per heavy atom. The molecule has 2 aromatic rings. The standard InChI is InChI=1S/C17H22N4O2/c1-2-3-9-21(10-11-22)17(23)14-5-4-6-15(12-14)20-16-13-18-7-8-19-16/h4-8,12-13,22H,2-3,9-11H2,1H3,(H,19,20). The van der Waals surface area contributed by atoms with Crippen LogP contribution in [0.3, 0.4) is 0 Å². The first kappa shape index (κ1) is 16.9. The SMILES string of the molecule is CCCCN(CCO)C(=O)c1cccc(Nc2cnccn2)c1. The van der Waals surface area contributed by atoms with Crippen molar-refractivity contribution in [3.8, 4) is 0 Å². The molecule has 1 amide bonds. The molecular formula is C17H22N4O2. The van der Waals surface area contributed by atoms with Crippen molar-refractivity contribution < 1.29 is 9.90 Å². The lowest BCUT2D eigenvalue weighted by molar-refractivity contribution is 0.0719. The molecule has 6 heteroatoms. The Morgan fingerprint density at radius 1 is 1.30 bits per heavy atom. The summed E-state index contributed by atoms with van der Waals surface area (Å²) in [6.45, 7) is 3.04. The van der Waals surface area contributed by atoms with Crippen molar-refractivity contribution in [3.05, 3.63) is 48.4 Å². The van der Waals surface area contributed by atoms with E-state index in [2.05, 4.69) is 22.2 Å². The summed E-state index contributed by atoms with van der Waals surface area (Å²) in [5.41, 5.74) is 1.36. The summed E-state index contributed by atoms with van der Waals surface area (Å²) in [7, 11) is 0. The van der Waals surface area contributed by atoms with Gasteiger partial charge in [-0.25, -0.2) is 4.98 Å². The number of anilines is 2. The number of hydrogen-bond acceptors (Lipinski definition) is 5. The molecular weight excluding hydrogens is 292 g/mol. The van der Waals surface area contributed by atoms with Gasteiger partial charge in [0.05, 0.1) is 12.8 Å². The third-order valence-electron chi connectivity index (χ3n) is 3.38. The topological polar surface area (TPSA) is 78.4 Å². The molecule has 1 heterocycles. The van der Waals surface area contributed by atoms with Gasteiger partial charge >= 0.3 is 0 Å². The number of rotatable bonds is 8. The van der Waals surface area contributed by atoms with E-state index in [1.807, 2.05) is 12.1 Å². The van der Waals surface area contributed by atoms with E-state index >= 15 is 0 Å². The van der Waals surface area contributed by atoms with Gasteiger partial charge in [-0.3, -0.25) is 9.78 Å². The first-order valence-electron chi connectivity index (χ1n) is 7.78. The van der Waals surface area contributed by atoms with E-state index in [0.717, 1.165) is 18.5 Å². The number of carbonyl (C=O) groups is 1. The van der Waals surface area contributed by atoms with Gasteiger partial charge in [-0.05, 0) is 24.6 Å². The number of aliphatic hydroxyl groups excluding tert-OH is 1. The lowest BCUT2D eigenvalue weighted by atomic mass is 10.1. The summed E-state index contributed by atoms with van der Waals surface area (Å²) in [5, 5.41) is 12.3. The molecule has 0 saturated carbocycles. The minimum absolute atomic E-state index is 0.0347. The number of nitrogens with zero attached hydrogens (tertiary/aromatic N) is 3. The molecule has 122 valence electrons. The Bertz CT molecular complexity index is 619. The van der Waals surface area contributed by atoms with Gasteiger partial charge in [0.25, 0.3) is 5.91 Å². The predicted octanol–water partition coefficient (Wildman–Crippen LogP) is 2.45. The number of unbranched alkanes of at least 4 members (excludes halogenated alkanes) is 1. The molecule has 1 aromatic carbocycles. The van der Waals surface area contributed by atoms with Crippen molar-refractivity contribution >= 4 is 17.4 Å². The average Bonchev–Trinajstić information content (AvgIpc) is 2.59. The lowest BCUT2D eigenvalue weighted by Gasteiger charge is -2.22. The summed E-state index contributed by atoms with van der Waals surface area (Å²) in [6, 6.07) is 7.25. The van der Waals surface area contributed by atoms with E-state index in [1.54, 1.807) is 35.6 Å². The molecule has 6 nitrogen and oxygen atoms in total. The Labute approximate surface area is 136 Å². The van der Waals surface area contributed by atoms with Gasteiger partial charge in [0.1, 0.15) is 5.82 Å². The maximum atomic E-state index is 12.6. The molecule has 0 aliphatic heterocycles. The quantitative estimate of drug-likeness (QED) is 0.782. The van der Waals surface area contributed by atoms with Crippen LogP contribution in [-0.2, 0) is 0 Å². The van der Waals surface area contributed by atoms with E-state index in [0.29, 0.717) is 24.5 Å². The molecule has 2 N–H and O–H groups in total. The van der Waals surface area contributed by atoms with E-state index in [4.69, 9.17) is 5.11 Å². The van der Waals surface area contributed by atoms with Gasteiger partial charge in [0.15, 0.2) is 0 Å². The zero-order chi connectivity index (χ0) is 16.5. The number of benzene rings is 1. The van der Waals surface area contributed by atoms with Crippen LogP contribution in [-0.4, -0.2) is 45.6 Å². The Kier molecular flexibility index (Phi) is 6.50. The predicted molar refractivity (Wildman–Crippen MR) is 89.7 cm³/mol. The molecule has 23 heavy (non-hydrogen) atoms. The van der Waals surface area contributed by atoms with E-state index in [9.17, 15) is 4.79 Å². The minimum atomic E-state index is -0.0738. The van der Waals surface area contributed by atoms with Gasteiger partial charge in [0.2, 0.25) is 0 Å². The molecule has 0 aliphatic carbocycles. The highest BCUT2D eigenvalue weighted by Gasteiger charge is 2.15. The molecule has 0 saturated heterocycles. The molecule has 0 unspecified atom stereocenters. The van der Waals surface area contributed by atoms with Crippen LogP contribution in [0.4, 0.5) is 11.5 Å². The summed E-state index contributed by atoms with van der Waals surface area (Å²) in [4.78, 5) is 22.4. The Morgan fingerprint density at radius 2 is 2.17 bits per heavy atom. The number of aliphatic hydroxyl groups is 1. The third-order valence-corrected chi connectivity index (χ3v) is 3.38. The fraction of sp³-hybridized carbons (Fsp3) is 0.353. The van der Waals surface area contributed by atoms with Gasteiger partial charge in [0, 0.05) is 36.7 Å². The van der Waals surface area contributed by atoms with E-state index in [1.165, 1.54) is 0 Å². The highest BCUT2D eigenvalue weighted by atomic mass is 16.3. The lowest BCUT2D eigenvalue weighted by Crippen LogP contribution is -2.34. The van der Waals surface area contributed by atoms with Gasteiger partial charge < -0.3 is 15.3 Å². The number of nitrogens with one attached hydrogen (secondary N) is 1. The molecule has 0 fully saturated rings. The molecule has 2 rings (SSSR count). The minimum Gasteiger partial charge on any atom is -0.395 e. The Hall–Kier alpha value is -2.47. The molecule has 1 aromatic heterocycles. The van der Waals surface area contributed by atoms with Crippen LogP contribution < -0.4 is 5.32 Å². The monoisotopic (exact) mass is 314 g/mol. The normalized spacial score (nSPS) is 10.3. The van der Waals surface area contributed by atoms with Gasteiger partial charge in [-0.1, -0.05) is 19.4 Å². The van der Waals surface area contributed by atoms with Crippen LogP contribution in [0.1, 0.15) is 30.1 Å². The summed E-state index contributed by atoms with van der Waals surface area (Å²) in [5.74, 6) is 0.547. The Balaban J connectivity index is 2.12. The van der Waals surface area contributed by atoms with E-state index in [-0.39, 0.29) is 12.5 Å². The maximum Gasteiger partial charge on any atom is 0.254 e. The molecule has 0 bridgehead atoms. The highest BCUT2D eigenvalue weighted by Crippen LogP contribution is 2.16. The summed E-state index contributed by atoms with van der Waals surface area (Å²) in [6.07, 6.45) is 6.75. The van der Waals surface area contributed by atoms with Crippen LogP contribution in [0.25, 0.3) is 0 Å². The molecule has 0 radical (unpaired) electrons. The summed E-state index contributed by atoms with van der Waals surface area (Å²) >= 11 is 0. The second kappa shape index (κ2) is 8.85. The van der Waals surface area contributed by atoms with Crippen molar-refractivity contribution in [3.63, 3.8) is 0 Å². The molecule has 0 atom stereocenters. The molecule has 0 spiro atoms. The largest absolute Gasteiger partial charge is 0.395 e. The van der Waals surface area contributed by atoms with Gasteiger partial charge in [-0.15, -0.1) is 0 Å². The average molecular weight is 314 g/mol. The first-order valence-corrected chi connectivity index (χ1v) is 7.78. The smallest absolute Gasteiger partial charge is 0.254 e. The molecule has 0 aliphatic rings. The fourth-order valence-corrected chi connectivity index (χ4v) is 2.21. The van der Waals surface area contributed by atoms with Crippen LogP contribution in [0.15, 0.2) is 42.9 Å². The second-order valence-electron chi connectivity index (χ2n) is 5.17. The number of carbonyl (C=O) groups excluding carboxylic acids is 1. The maximum absolute atomic E-state index is 12.6. The van der Waals surface area contributed by atoms with Crippen molar-refractivity contribution in [1.82, 2.24) is 14.9 Å². The summed E-state index contributed by atoms with van der Waals surface area (Å²) < 4.78 is 0.